The number of rotatable bonds is 4. The molecule has 0 aliphatic carbocycles. The smallest absolute Gasteiger partial charge is 0.305 e. The monoisotopic (exact) mass is 267 g/mol. The number of aromatic nitrogens is 3. The molecule has 0 unspecified atom stereocenters. The van der Waals surface area contributed by atoms with E-state index in [2.05, 4.69) is 9.97 Å². The second kappa shape index (κ2) is 4.94. The molecule has 6 heteroatoms. The average Bonchev–Trinajstić information content (AvgIpc) is 2.64. The van der Waals surface area contributed by atoms with Gasteiger partial charge < -0.3 is 9.67 Å². The van der Waals surface area contributed by atoms with Crippen molar-refractivity contribution in [3.63, 3.8) is 0 Å². The first-order chi connectivity index (χ1) is 8.49. The Balaban J connectivity index is 2.52. The van der Waals surface area contributed by atoms with Crippen LogP contribution in [0.2, 0.25) is 5.02 Å². The minimum Gasteiger partial charge on any atom is -0.481 e. The number of imidazole rings is 1. The topological polar surface area (TPSA) is 68.0 Å². The summed E-state index contributed by atoms with van der Waals surface area (Å²) in [4.78, 5) is 19.4. The summed E-state index contributed by atoms with van der Waals surface area (Å²) < 4.78 is 1.85. The van der Waals surface area contributed by atoms with Crippen molar-refractivity contribution in [1.29, 1.82) is 0 Å². The Hall–Kier alpha value is -1.62. The second-order valence-corrected chi connectivity index (χ2v) is 4.85. The number of halogens is 1. The number of hydrogen-bond donors (Lipinski definition) is 1. The van der Waals surface area contributed by atoms with Crippen LogP contribution in [-0.2, 0) is 11.3 Å². The molecule has 0 aliphatic rings. The SMILES string of the molecule is CC(C)c1nc2cc(Cl)cnc2n1CCC(=O)O. The molecule has 2 aromatic heterocycles. The Labute approximate surface area is 109 Å². The molecule has 18 heavy (non-hydrogen) atoms. The van der Waals surface area contributed by atoms with E-state index in [-0.39, 0.29) is 12.3 Å². The van der Waals surface area contributed by atoms with E-state index in [1.165, 1.54) is 0 Å². The number of carbonyl (C=O) groups is 1. The molecular weight excluding hydrogens is 254 g/mol. The zero-order valence-electron chi connectivity index (χ0n) is 10.2. The summed E-state index contributed by atoms with van der Waals surface area (Å²) in [5.74, 6) is 0.202. The van der Waals surface area contributed by atoms with Crippen molar-refractivity contribution >= 4 is 28.7 Å². The van der Waals surface area contributed by atoms with Gasteiger partial charge in [-0.05, 0) is 6.07 Å². The zero-order valence-corrected chi connectivity index (χ0v) is 11.0. The summed E-state index contributed by atoms with van der Waals surface area (Å²) in [5.41, 5.74) is 1.39. The normalized spacial score (nSPS) is 11.3. The van der Waals surface area contributed by atoms with Crippen molar-refractivity contribution in [3.8, 4) is 0 Å². The molecule has 0 fully saturated rings. The molecule has 2 rings (SSSR count). The second-order valence-electron chi connectivity index (χ2n) is 4.42. The Morgan fingerprint density at radius 1 is 1.56 bits per heavy atom. The highest BCUT2D eigenvalue weighted by Crippen LogP contribution is 2.22. The minimum atomic E-state index is -0.833. The Morgan fingerprint density at radius 3 is 2.89 bits per heavy atom. The molecule has 5 nitrogen and oxygen atoms in total. The predicted octanol–water partition coefficient (Wildman–Crippen LogP) is 2.68. The van der Waals surface area contributed by atoms with Gasteiger partial charge in [-0.15, -0.1) is 0 Å². The van der Waals surface area contributed by atoms with E-state index in [1.807, 2.05) is 18.4 Å². The van der Waals surface area contributed by atoms with Crippen LogP contribution in [0.5, 0.6) is 0 Å². The Kier molecular flexibility index (Phi) is 3.52. The lowest BCUT2D eigenvalue weighted by molar-refractivity contribution is -0.137. The van der Waals surface area contributed by atoms with Gasteiger partial charge >= 0.3 is 5.97 Å². The third-order valence-corrected chi connectivity index (χ3v) is 2.85. The first-order valence-corrected chi connectivity index (χ1v) is 6.10. The highest BCUT2D eigenvalue weighted by Gasteiger charge is 2.15. The summed E-state index contributed by atoms with van der Waals surface area (Å²) in [6.07, 6.45) is 1.60. The number of carboxylic acids is 1. The molecule has 0 aromatic carbocycles. The number of aliphatic carboxylic acids is 1. The van der Waals surface area contributed by atoms with Crippen molar-refractivity contribution in [2.45, 2.75) is 32.7 Å². The molecule has 96 valence electrons. The molecular formula is C12H14ClN3O2. The summed E-state index contributed by atoms with van der Waals surface area (Å²) in [7, 11) is 0. The van der Waals surface area contributed by atoms with E-state index >= 15 is 0 Å². The molecule has 2 aromatic rings. The number of carboxylic acid groups (broad SMARTS) is 1. The molecule has 1 N–H and O–H groups in total. The maximum atomic E-state index is 10.7. The largest absolute Gasteiger partial charge is 0.481 e. The van der Waals surface area contributed by atoms with E-state index in [0.717, 1.165) is 5.82 Å². The summed E-state index contributed by atoms with van der Waals surface area (Å²) in [5, 5.41) is 9.31. The van der Waals surface area contributed by atoms with Gasteiger partial charge in [-0.3, -0.25) is 4.79 Å². The number of pyridine rings is 1. The fourth-order valence-corrected chi connectivity index (χ4v) is 2.02. The number of nitrogens with zero attached hydrogens (tertiary/aromatic N) is 3. The van der Waals surface area contributed by atoms with Gasteiger partial charge in [0, 0.05) is 18.7 Å². The first kappa shape index (κ1) is 12.8. The van der Waals surface area contributed by atoms with Crippen molar-refractivity contribution in [2.75, 3.05) is 0 Å². The van der Waals surface area contributed by atoms with Crippen molar-refractivity contribution < 1.29 is 9.90 Å². The van der Waals surface area contributed by atoms with Crippen LogP contribution in [0, 0.1) is 0 Å². The molecule has 0 bridgehead atoms. The van der Waals surface area contributed by atoms with Crippen molar-refractivity contribution in [1.82, 2.24) is 14.5 Å². The van der Waals surface area contributed by atoms with Crippen LogP contribution in [0.25, 0.3) is 11.2 Å². The first-order valence-electron chi connectivity index (χ1n) is 5.72. The quantitative estimate of drug-likeness (QED) is 0.925. The maximum absolute atomic E-state index is 10.7. The lowest BCUT2D eigenvalue weighted by Crippen LogP contribution is -2.09. The average molecular weight is 268 g/mol. The van der Waals surface area contributed by atoms with Crippen LogP contribution in [0.1, 0.15) is 32.0 Å². The maximum Gasteiger partial charge on any atom is 0.305 e. The van der Waals surface area contributed by atoms with Gasteiger partial charge in [-0.1, -0.05) is 25.4 Å². The van der Waals surface area contributed by atoms with Gasteiger partial charge in [-0.25, -0.2) is 9.97 Å². The molecule has 0 amide bonds. The van der Waals surface area contributed by atoms with Crippen LogP contribution in [0.4, 0.5) is 0 Å². The lowest BCUT2D eigenvalue weighted by atomic mass is 10.2. The summed E-state index contributed by atoms with van der Waals surface area (Å²) in [6, 6.07) is 1.74. The zero-order chi connectivity index (χ0) is 13.3. The number of hydrogen-bond acceptors (Lipinski definition) is 3. The predicted molar refractivity (Wildman–Crippen MR) is 68.9 cm³/mol. The molecule has 0 atom stereocenters. The lowest BCUT2D eigenvalue weighted by Gasteiger charge is -2.09. The fraction of sp³-hybridized carbons (Fsp3) is 0.417. The minimum absolute atomic E-state index is 0.0511. The third kappa shape index (κ3) is 2.46. The third-order valence-electron chi connectivity index (χ3n) is 2.65. The number of aryl methyl sites for hydroxylation is 1. The van der Waals surface area contributed by atoms with Gasteiger partial charge in [0.2, 0.25) is 0 Å². The van der Waals surface area contributed by atoms with E-state index in [4.69, 9.17) is 16.7 Å². The molecule has 0 saturated carbocycles. The summed E-state index contributed by atoms with van der Waals surface area (Å²) >= 11 is 5.88. The van der Waals surface area contributed by atoms with Crippen molar-refractivity contribution in [3.05, 3.63) is 23.1 Å². The van der Waals surface area contributed by atoms with Crippen LogP contribution in [0.15, 0.2) is 12.3 Å². The van der Waals surface area contributed by atoms with Gasteiger partial charge in [-0.2, -0.15) is 0 Å². The van der Waals surface area contributed by atoms with Crippen LogP contribution in [-0.4, -0.2) is 25.6 Å². The molecule has 0 aliphatic heterocycles. The molecule has 0 radical (unpaired) electrons. The van der Waals surface area contributed by atoms with Crippen LogP contribution in [0.3, 0.4) is 0 Å². The highest BCUT2D eigenvalue weighted by molar-refractivity contribution is 6.31. The Morgan fingerprint density at radius 2 is 2.28 bits per heavy atom. The Bertz CT molecular complexity index is 592. The van der Waals surface area contributed by atoms with Gasteiger partial charge in [0.1, 0.15) is 11.3 Å². The van der Waals surface area contributed by atoms with Crippen molar-refractivity contribution in [2.24, 2.45) is 0 Å². The molecule has 0 saturated heterocycles. The molecule has 2 heterocycles. The van der Waals surface area contributed by atoms with E-state index < -0.39 is 5.97 Å². The van der Waals surface area contributed by atoms with Gasteiger partial charge in [0.15, 0.2) is 5.65 Å². The fourth-order valence-electron chi connectivity index (χ4n) is 1.87. The van der Waals surface area contributed by atoms with Gasteiger partial charge in [0.25, 0.3) is 0 Å². The summed E-state index contributed by atoms with van der Waals surface area (Å²) in [6.45, 7) is 4.40. The highest BCUT2D eigenvalue weighted by atomic mass is 35.5. The van der Waals surface area contributed by atoms with Gasteiger partial charge in [0.05, 0.1) is 11.4 Å². The van der Waals surface area contributed by atoms with Crippen LogP contribution < -0.4 is 0 Å². The van der Waals surface area contributed by atoms with E-state index in [1.54, 1.807) is 12.3 Å². The van der Waals surface area contributed by atoms with E-state index in [9.17, 15) is 4.79 Å². The standard InChI is InChI=1S/C12H14ClN3O2/c1-7(2)11-15-9-5-8(13)6-14-12(9)16(11)4-3-10(17)18/h5-7H,3-4H2,1-2H3,(H,17,18). The van der Waals surface area contributed by atoms with E-state index in [0.29, 0.717) is 22.7 Å². The molecule has 0 spiro atoms. The van der Waals surface area contributed by atoms with Crippen LogP contribution >= 0.6 is 11.6 Å². The number of fused-ring (bicyclic) bond motifs is 1.